The highest BCUT2D eigenvalue weighted by molar-refractivity contribution is 7.25. The second-order valence-electron chi connectivity index (χ2n) is 10.6. The largest absolute Gasteiger partial charge is 0.310 e. The van der Waals surface area contributed by atoms with Crippen LogP contribution in [0.15, 0.2) is 164 Å². The van der Waals surface area contributed by atoms with Crippen LogP contribution in [0.2, 0.25) is 0 Å². The van der Waals surface area contributed by atoms with Crippen molar-refractivity contribution in [2.75, 3.05) is 4.90 Å². The van der Waals surface area contributed by atoms with E-state index in [2.05, 4.69) is 169 Å². The molecule has 0 saturated heterocycles. The average Bonchev–Trinajstić information content (AvgIpc) is 3.44. The predicted octanol–water partition coefficient (Wildman–Crippen LogP) is 12.0. The lowest BCUT2D eigenvalue weighted by atomic mass is 9.95. The Bertz CT molecular complexity index is 2190. The van der Waals surface area contributed by atoms with Gasteiger partial charge in [-0.05, 0) is 87.6 Å². The minimum Gasteiger partial charge on any atom is -0.310 e. The second-order valence-corrected chi connectivity index (χ2v) is 11.7. The van der Waals surface area contributed by atoms with Crippen molar-refractivity contribution in [1.29, 1.82) is 0 Å². The Balaban J connectivity index is 1.19. The number of hydrogen-bond donors (Lipinski definition) is 0. The third-order valence-corrected chi connectivity index (χ3v) is 9.21. The fraction of sp³-hybridized carbons (Fsp3) is 0. The molecular formula is C40H27NS. The molecule has 2 heteroatoms. The van der Waals surface area contributed by atoms with Gasteiger partial charge in [-0.1, -0.05) is 109 Å². The summed E-state index contributed by atoms with van der Waals surface area (Å²) in [7, 11) is 0. The van der Waals surface area contributed by atoms with E-state index in [-0.39, 0.29) is 0 Å². The molecule has 42 heavy (non-hydrogen) atoms. The summed E-state index contributed by atoms with van der Waals surface area (Å²) < 4.78 is 2.64. The van der Waals surface area contributed by atoms with E-state index in [1.165, 1.54) is 53.2 Å². The zero-order valence-corrected chi connectivity index (χ0v) is 23.8. The van der Waals surface area contributed by atoms with Crippen LogP contribution in [-0.2, 0) is 0 Å². The van der Waals surface area contributed by atoms with Crippen LogP contribution in [0.1, 0.15) is 0 Å². The maximum absolute atomic E-state index is 2.35. The molecule has 0 aliphatic rings. The van der Waals surface area contributed by atoms with Crippen molar-refractivity contribution < 1.29 is 0 Å². The lowest BCUT2D eigenvalue weighted by Crippen LogP contribution is -2.09. The highest BCUT2D eigenvalue weighted by atomic mass is 32.1. The van der Waals surface area contributed by atoms with Gasteiger partial charge in [-0.3, -0.25) is 0 Å². The molecular weight excluding hydrogens is 527 g/mol. The first-order valence-corrected chi connectivity index (χ1v) is 15.1. The maximum Gasteiger partial charge on any atom is 0.0468 e. The standard InChI is InChI=1S/C40H27NS/c1-2-14-32(15-3-1)41(34-24-25-40-38(27-34)37-17-6-7-19-39(37)42-40)33-22-20-28(21-23-33)30-12-8-13-31(26-30)36-18-9-11-29-10-4-5-16-35(29)36/h1-27H. The van der Waals surface area contributed by atoms with Crippen molar-refractivity contribution >= 4 is 59.3 Å². The van der Waals surface area contributed by atoms with Crippen LogP contribution in [0, 0.1) is 0 Å². The van der Waals surface area contributed by atoms with Crippen molar-refractivity contribution in [2.24, 2.45) is 0 Å². The molecule has 198 valence electrons. The van der Waals surface area contributed by atoms with E-state index < -0.39 is 0 Å². The maximum atomic E-state index is 2.35. The molecule has 1 aromatic heterocycles. The monoisotopic (exact) mass is 553 g/mol. The quantitative estimate of drug-likeness (QED) is 0.205. The minimum atomic E-state index is 1.13. The Morgan fingerprint density at radius 3 is 1.88 bits per heavy atom. The lowest BCUT2D eigenvalue weighted by Gasteiger charge is -2.26. The molecule has 0 N–H and O–H groups in total. The van der Waals surface area contributed by atoms with Crippen molar-refractivity contribution in [3.63, 3.8) is 0 Å². The molecule has 8 aromatic rings. The van der Waals surface area contributed by atoms with Crippen LogP contribution in [0.25, 0.3) is 53.2 Å². The highest BCUT2D eigenvalue weighted by Crippen LogP contribution is 2.41. The predicted molar refractivity (Wildman–Crippen MR) is 182 cm³/mol. The third-order valence-electron chi connectivity index (χ3n) is 8.05. The van der Waals surface area contributed by atoms with Gasteiger partial charge in [-0.15, -0.1) is 11.3 Å². The van der Waals surface area contributed by atoms with E-state index in [4.69, 9.17) is 0 Å². The molecule has 0 spiro atoms. The first kappa shape index (κ1) is 24.6. The van der Waals surface area contributed by atoms with Crippen LogP contribution in [0.3, 0.4) is 0 Å². The summed E-state index contributed by atoms with van der Waals surface area (Å²) in [5.41, 5.74) is 8.34. The summed E-state index contributed by atoms with van der Waals surface area (Å²) in [6, 6.07) is 59.2. The van der Waals surface area contributed by atoms with E-state index >= 15 is 0 Å². The molecule has 0 radical (unpaired) electrons. The molecule has 0 bridgehead atoms. The summed E-state index contributed by atoms with van der Waals surface area (Å²) >= 11 is 1.85. The normalized spacial score (nSPS) is 11.3. The van der Waals surface area contributed by atoms with E-state index in [9.17, 15) is 0 Å². The number of para-hydroxylation sites is 1. The van der Waals surface area contributed by atoms with Gasteiger partial charge in [0.05, 0.1) is 0 Å². The molecule has 1 nitrogen and oxygen atoms in total. The van der Waals surface area contributed by atoms with Crippen LogP contribution >= 0.6 is 11.3 Å². The number of anilines is 3. The number of thiophene rings is 1. The Morgan fingerprint density at radius 2 is 1.00 bits per heavy atom. The van der Waals surface area contributed by atoms with Gasteiger partial charge in [0, 0.05) is 37.2 Å². The van der Waals surface area contributed by atoms with E-state index in [1.807, 2.05) is 11.3 Å². The summed E-state index contributed by atoms with van der Waals surface area (Å²) in [4.78, 5) is 2.35. The number of hydrogen-bond acceptors (Lipinski definition) is 2. The molecule has 0 atom stereocenters. The fourth-order valence-corrected chi connectivity index (χ4v) is 7.11. The number of nitrogens with zero attached hydrogens (tertiary/aromatic N) is 1. The Morgan fingerprint density at radius 1 is 0.357 bits per heavy atom. The van der Waals surface area contributed by atoms with E-state index in [0.29, 0.717) is 0 Å². The Labute approximate surface area is 249 Å². The van der Waals surface area contributed by atoms with Crippen LogP contribution in [-0.4, -0.2) is 0 Å². The average molecular weight is 554 g/mol. The van der Waals surface area contributed by atoms with Gasteiger partial charge < -0.3 is 4.90 Å². The van der Waals surface area contributed by atoms with Gasteiger partial charge in [0.1, 0.15) is 0 Å². The van der Waals surface area contributed by atoms with Gasteiger partial charge in [-0.2, -0.15) is 0 Å². The van der Waals surface area contributed by atoms with Gasteiger partial charge in [0.2, 0.25) is 0 Å². The van der Waals surface area contributed by atoms with Crippen molar-refractivity contribution in [3.8, 4) is 22.3 Å². The smallest absolute Gasteiger partial charge is 0.0468 e. The molecule has 0 saturated carbocycles. The first-order chi connectivity index (χ1) is 20.8. The van der Waals surface area contributed by atoms with Crippen LogP contribution < -0.4 is 4.90 Å². The Hall–Kier alpha value is -5.18. The summed E-state index contributed by atoms with van der Waals surface area (Å²) in [6.45, 7) is 0. The van der Waals surface area contributed by atoms with Gasteiger partial charge >= 0.3 is 0 Å². The molecule has 0 amide bonds. The zero-order chi connectivity index (χ0) is 27.9. The fourth-order valence-electron chi connectivity index (χ4n) is 6.02. The van der Waals surface area contributed by atoms with Crippen LogP contribution in [0.5, 0.6) is 0 Å². The number of fused-ring (bicyclic) bond motifs is 4. The summed E-state index contributed by atoms with van der Waals surface area (Å²) in [5.74, 6) is 0. The summed E-state index contributed by atoms with van der Waals surface area (Å²) in [6.07, 6.45) is 0. The van der Waals surface area contributed by atoms with Gasteiger partial charge in [0.15, 0.2) is 0 Å². The molecule has 1 heterocycles. The minimum absolute atomic E-state index is 1.13. The van der Waals surface area contributed by atoms with Crippen LogP contribution in [0.4, 0.5) is 17.1 Å². The number of rotatable bonds is 5. The van der Waals surface area contributed by atoms with E-state index in [1.54, 1.807) is 0 Å². The molecule has 0 unspecified atom stereocenters. The molecule has 8 rings (SSSR count). The lowest BCUT2D eigenvalue weighted by molar-refractivity contribution is 1.29. The Kier molecular flexibility index (Phi) is 6.05. The van der Waals surface area contributed by atoms with Crippen molar-refractivity contribution in [1.82, 2.24) is 0 Å². The van der Waals surface area contributed by atoms with Crippen molar-refractivity contribution in [2.45, 2.75) is 0 Å². The van der Waals surface area contributed by atoms with E-state index in [0.717, 1.165) is 17.1 Å². The molecule has 0 aliphatic heterocycles. The molecule has 0 fully saturated rings. The zero-order valence-electron chi connectivity index (χ0n) is 22.9. The SMILES string of the molecule is c1ccc(N(c2ccc(-c3cccc(-c4cccc5ccccc45)c3)cc2)c2ccc3sc4ccccc4c3c2)cc1. The van der Waals surface area contributed by atoms with Crippen molar-refractivity contribution in [3.05, 3.63) is 164 Å². The second kappa shape index (κ2) is 10.3. The van der Waals surface area contributed by atoms with Gasteiger partial charge in [0.25, 0.3) is 0 Å². The third kappa shape index (κ3) is 4.34. The topological polar surface area (TPSA) is 3.24 Å². The molecule has 0 aliphatic carbocycles. The molecule has 7 aromatic carbocycles. The summed E-state index contributed by atoms with van der Waals surface area (Å²) in [5, 5.41) is 5.16. The highest BCUT2D eigenvalue weighted by Gasteiger charge is 2.15. The number of benzene rings is 7. The first-order valence-electron chi connectivity index (χ1n) is 14.3. The van der Waals surface area contributed by atoms with Gasteiger partial charge in [-0.25, -0.2) is 0 Å².